The molecule has 0 N–H and O–H groups in total. The second kappa shape index (κ2) is 4.16. The Hall–Kier alpha value is -2.17. The number of aromatic nitrogens is 2. The topological polar surface area (TPSA) is 59.2 Å². The molecule has 1 aromatic heterocycles. The summed E-state index contributed by atoms with van der Waals surface area (Å²) in [7, 11) is 0. The second-order valence-electron chi connectivity index (χ2n) is 5.50. The number of fused-ring (bicyclic) bond motifs is 1. The highest BCUT2D eigenvalue weighted by molar-refractivity contribution is 5.94. The molecule has 1 amide bonds. The van der Waals surface area contributed by atoms with E-state index in [4.69, 9.17) is 4.52 Å². The van der Waals surface area contributed by atoms with E-state index in [1.807, 2.05) is 24.3 Å². The molecule has 1 fully saturated rings. The minimum atomic E-state index is -0.162. The van der Waals surface area contributed by atoms with E-state index >= 15 is 0 Å². The predicted molar refractivity (Wildman–Crippen MR) is 72.3 cm³/mol. The Morgan fingerprint density at radius 3 is 2.90 bits per heavy atom. The Kier molecular flexibility index (Phi) is 2.42. The number of rotatable bonds is 2. The number of carbonyl (C=O) groups is 1. The van der Waals surface area contributed by atoms with Crippen LogP contribution < -0.4 is 4.90 Å². The number of hydrogen-bond acceptors (Lipinski definition) is 4. The third-order valence-electron chi connectivity index (χ3n) is 4.00. The van der Waals surface area contributed by atoms with Gasteiger partial charge in [-0.2, -0.15) is 4.98 Å². The summed E-state index contributed by atoms with van der Waals surface area (Å²) in [5.74, 6) is 1.81. The van der Waals surface area contributed by atoms with Crippen molar-refractivity contribution >= 4 is 11.6 Å². The minimum absolute atomic E-state index is 0.00567. The largest absolute Gasteiger partial charge is 0.337 e. The number of carbonyl (C=O) groups excluding carboxylic acids is 1. The molecule has 2 aromatic rings. The summed E-state index contributed by atoms with van der Waals surface area (Å²) >= 11 is 0. The summed E-state index contributed by atoms with van der Waals surface area (Å²) < 4.78 is 5.41. The highest BCUT2D eigenvalue weighted by atomic mass is 16.5. The van der Waals surface area contributed by atoms with Crippen molar-refractivity contribution in [2.45, 2.75) is 38.1 Å². The van der Waals surface area contributed by atoms with Crippen molar-refractivity contribution in [1.29, 1.82) is 0 Å². The van der Waals surface area contributed by atoms with Gasteiger partial charge in [-0.15, -0.1) is 0 Å². The van der Waals surface area contributed by atoms with E-state index in [0.717, 1.165) is 36.3 Å². The van der Waals surface area contributed by atoms with Crippen LogP contribution in [0, 0.1) is 0 Å². The lowest BCUT2D eigenvalue weighted by Gasteiger charge is -2.21. The van der Waals surface area contributed by atoms with Crippen molar-refractivity contribution in [2.75, 3.05) is 4.90 Å². The highest BCUT2D eigenvalue weighted by Gasteiger charge is 2.38. The number of benzene rings is 1. The van der Waals surface area contributed by atoms with Crippen LogP contribution in [0.5, 0.6) is 0 Å². The van der Waals surface area contributed by atoms with Crippen LogP contribution in [0.25, 0.3) is 0 Å². The van der Waals surface area contributed by atoms with E-state index < -0.39 is 0 Å². The molecule has 0 spiro atoms. The van der Waals surface area contributed by atoms with Gasteiger partial charge in [-0.3, -0.25) is 9.69 Å². The van der Waals surface area contributed by atoms with Crippen LogP contribution in [0.3, 0.4) is 0 Å². The number of para-hydroxylation sites is 1. The van der Waals surface area contributed by atoms with E-state index in [1.54, 1.807) is 11.8 Å². The SMILES string of the molecule is CC(=O)N1c2ccccc2CC1c1nc(C2CC2)no1. The molecule has 0 saturated heterocycles. The quantitative estimate of drug-likeness (QED) is 0.840. The Balaban J connectivity index is 1.72. The number of hydrogen-bond donors (Lipinski definition) is 0. The van der Waals surface area contributed by atoms with Gasteiger partial charge in [-0.1, -0.05) is 23.4 Å². The molecule has 0 bridgehead atoms. The van der Waals surface area contributed by atoms with Crippen molar-refractivity contribution in [3.05, 3.63) is 41.5 Å². The monoisotopic (exact) mass is 269 g/mol. The van der Waals surface area contributed by atoms with Gasteiger partial charge in [0.05, 0.1) is 0 Å². The van der Waals surface area contributed by atoms with Gasteiger partial charge in [0.1, 0.15) is 6.04 Å². The molecule has 1 aliphatic carbocycles. The molecule has 2 heterocycles. The molecular formula is C15H15N3O2. The van der Waals surface area contributed by atoms with Crippen molar-refractivity contribution in [1.82, 2.24) is 10.1 Å². The first kappa shape index (κ1) is 11.6. The van der Waals surface area contributed by atoms with Crippen molar-refractivity contribution in [3.8, 4) is 0 Å². The molecule has 1 unspecified atom stereocenters. The van der Waals surface area contributed by atoms with Crippen LogP contribution in [0.4, 0.5) is 5.69 Å². The first-order valence-electron chi connectivity index (χ1n) is 6.95. The van der Waals surface area contributed by atoms with E-state index in [1.165, 1.54) is 0 Å². The van der Waals surface area contributed by atoms with Gasteiger partial charge in [-0.25, -0.2) is 0 Å². The molecule has 1 atom stereocenters. The predicted octanol–water partition coefficient (Wildman–Crippen LogP) is 2.60. The zero-order chi connectivity index (χ0) is 13.7. The first-order chi connectivity index (χ1) is 9.74. The summed E-state index contributed by atoms with van der Waals surface area (Å²) in [5, 5.41) is 4.06. The number of anilines is 1. The van der Waals surface area contributed by atoms with Gasteiger partial charge in [0.2, 0.25) is 11.8 Å². The second-order valence-corrected chi connectivity index (χ2v) is 5.50. The van der Waals surface area contributed by atoms with Crippen LogP contribution >= 0.6 is 0 Å². The molecule has 20 heavy (non-hydrogen) atoms. The summed E-state index contributed by atoms with van der Waals surface area (Å²) in [5.41, 5.74) is 2.11. The lowest BCUT2D eigenvalue weighted by Crippen LogP contribution is -2.30. The molecule has 1 saturated carbocycles. The molecule has 1 aliphatic heterocycles. The van der Waals surface area contributed by atoms with Gasteiger partial charge in [0.15, 0.2) is 5.82 Å². The Labute approximate surface area is 116 Å². The minimum Gasteiger partial charge on any atom is -0.337 e. The average molecular weight is 269 g/mol. The zero-order valence-electron chi connectivity index (χ0n) is 11.2. The van der Waals surface area contributed by atoms with Gasteiger partial charge in [-0.05, 0) is 24.5 Å². The van der Waals surface area contributed by atoms with Crippen molar-refractivity contribution in [3.63, 3.8) is 0 Å². The Morgan fingerprint density at radius 2 is 2.15 bits per heavy atom. The summed E-state index contributed by atoms with van der Waals surface area (Å²) in [6, 6.07) is 7.78. The van der Waals surface area contributed by atoms with E-state index in [-0.39, 0.29) is 11.9 Å². The fraction of sp³-hybridized carbons (Fsp3) is 0.400. The zero-order valence-corrected chi connectivity index (χ0v) is 11.2. The molecular weight excluding hydrogens is 254 g/mol. The Morgan fingerprint density at radius 1 is 1.35 bits per heavy atom. The third-order valence-corrected chi connectivity index (χ3v) is 4.00. The summed E-state index contributed by atoms with van der Waals surface area (Å²) in [6.07, 6.45) is 3.02. The lowest BCUT2D eigenvalue weighted by atomic mass is 10.1. The number of nitrogens with zero attached hydrogens (tertiary/aromatic N) is 3. The molecule has 5 heteroatoms. The van der Waals surface area contributed by atoms with E-state index in [2.05, 4.69) is 10.1 Å². The average Bonchev–Trinajstić information content (AvgIpc) is 3.04. The van der Waals surface area contributed by atoms with Gasteiger partial charge >= 0.3 is 0 Å². The van der Waals surface area contributed by atoms with Gasteiger partial charge in [0.25, 0.3) is 0 Å². The fourth-order valence-corrected chi connectivity index (χ4v) is 2.86. The van der Waals surface area contributed by atoms with Crippen LogP contribution in [0.15, 0.2) is 28.8 Å². The van der Waals surface area contributed by atoms with Crippen LogP contribution in [-0.2, 0) is 11.2 Å². The molecule has 5 nitrogen and oxygen atoms in total. The highest BCUT2D eigenvalue weighted by Crippen LogP contribution is 2.42. The van der Waals surface area contributed by atoms with Gasteiger partial charge < -0.3 is 4.52 Å². The smallest absolute Gasteiger partial charge is 0.250 e. The molecule has 0 radical (unpaired) electrons. The molecule has 102 valence electrons. The summed E-state index contributed by atoms with van der Waals surface area (Å²) in [6.45, 7) is 1.58. The third kappa shape index (κ3) is 1.73. The maximum Gasteiger partial charge on any atom is 0.250 e. The fourth-order valence-electron chi connectivity index (χ4n) is 2.86. The normalized spacial score (nSPS) is 21.1. The molecule has 1 aromatic carbocycles. The van der Waals surface area contributed by atoms with Crippen LogP contribution in [0.2, 0.25) is 0 Å². The van der Waals surface area contributed by atoms with E-state index in [0.29, 0.717) is 11.8 Å². The molecule has 4 rings (SSSR count). The molecule has 2 aliphatic rings. The first-order valence-corrected chi connectivity index (χ1v) is 6.95. The maximum atomic E-state index is 12.0. The van der Waals surface area contributed by atoms with E-state index in [9.17, 15) is 4.79 Å². The summed E-state index contributed by atoms with van der Waals surface area (Å²) in [4.78, 5) is 18.2. The standard InChI is InChI=1S/C15H15N3O2/c1-9(19)18-12-5-3-2-4-11(12)8-13(18)15-16-14(17-20-15)10-6-7-10/h2-5,10,13H,6-8H2,1H3. The van der Waals surface area contributed by atoms with Crippen LogP contribution in [0.1, 0.15) is 49.0 Å². The maximum absolute atomic E-state index is 12.0. The van der Waals surface area contributed by atoms with Crippen LogP contribution in [-0.4, -0.2) is 16.0 Å². The number of amides is 1. The van der Waals surface area contributed by atoms with Gasteiger partial charge in [0, 0.05) is 24.9 Å². The Bertz CT molecular complexity index is 675. The van der Waals surface area contributed by atoms with Crippen molar-refractivity contribution < 1.29 is 9.32 Å². The lowest BCUT2D eigenvalue weighted by molar-refractivity contribution is -0.117. The van der Waals surface area contributed by atoms with Crippen molar-refractivity contribution in [2.24, 2.45) is 0 Å².